The average Bonchev–Trinajstić information content (AvgIpc) is 2.23. The van der Waals surface area contributed by atoms with Gasteiger partial charge in [0.1, 0.15) is 0 Å². The van der Waals surface area contributed by atoms with E-state index in [-0.39, 0.29) is 11.9 Å². The van der Waals surface area contributed by atoms with E-state index in [1.165, 1.54) is 0 Å². The first kappa shape index (κ1) is 15.0. The first-order chi connectivity index (χ1) is 7.57. The summed E-state index contributed by atoms with van der Waals surface area (Å²) in [6.07, 6.45) is 1.68. The molecular weight excluding hydrogens is 228 g/mol. The fourth-order valence-electron chi connectivity index (χ4n) is 0.842. The van der Waals surface area contributed by atoms with Crippen LogP contribution in [0.1, 0.15) is 26.2 Å². The Bertz CT molecular complexity index is 250. The Morgan fingerprint density at radius 2 is 1.75 bits per heavy atom. The Hall–Kier alpha value is -0.970. The van der Waals surface area contributed by atoms with Gasteiger partial charge in [0.15, 0.2) is 0 Å². The lowest BCUT2D eigenvalue weighted by Gasteiger charge is -2.05. The molecule has 0 aliphatic heterocycles. The van der Waals surface area contributed by atoms with Crippen molar-refractivity contribution in [1.29, 1.82) is 0 Å². The minimum atomic E-state index is -0.382. The summed E-state index contributed by atoms with van der Waals surface area (Å²) >= 11 is 3.91. The number of esters is 2. The maximum atomic E-state index is 11.0. The molecule has 16 heavy (non-hydrogen) atoms. The predicted molar refractivity (Wildman–Crippen MR) is 64.4 cm³/mol. The second-order valence-electron chi connectivity index (χ2n) is 3.32. The predicted octanol–water partition coefficient (Wildman–Crippen LogP) is 1.75. The highest BCUT2D eigenvalue weighted by molar-refractivity contribution is 7.80. The van der Waals surface area contributed by atoms with Crippen LogP contribution in [-0.2, 0) is 19.1 Å². The first-order valence-corrected chi connectivity index (χ1v) is 5.80. The van der Waals surface area contributed by atoms with Crippen molar-refractivity contribution in [1.82, 2.24) is 0 Å². The van der Waals surface area contributed by atoms with E-state index in [1.54, 1.807) is 6.92 Å². The van der Waals surface area contributed by atoms with E-state index in [4.69, 9.17) is 9.47 Å². The zero-order valence-electron chi connectivity index (χ0n) is 9.53. The highest BCUT2D eigenvalue weighted by Gasteiger charge is 2.03. The Morgan fingerprint density at radius 3 is 2.25 bits per heavy atom. The molecule has 0 heterocycles. The molecule has 0 aromatic heterocycles. The van der Waals surface area contributed by atoms with Crippen molar-refractivity contribution in [3.63, 3.8) is 0 Å². The van der Waals surface area contributed by atoms with Gasteiger partial charge in [-0.3, -0.25) is 4.79 Å². The molecule has 0 fully saturated rings. The molecule has 0 rings (SSSR count). The summed E-state index contributed by atoms with van der Waals surface area (Å²) in [5, 5.41) is 0. The third kappa shape index (κ3) is 8.35. The first-order valence-electron chi connectivity index (χ1n) is 5.17. The van der Waals surface area contributed by atoms with Gasteiger partial charge in [0, 0.05) is 11.3 Å². The second kappa shape index (κ2) is 9.27. The standard InChI is InChI=1S/C11H18O4S/c1-9(2)11(13)15-7-4-3-6-14-10(12)5-8-16/h16H,1,3-8H2,2H3. The van der Waals surface area contributed by atoms with E-state index in [0.717, 1.165) is 0 Å². The molecule has 4 nitrogen and oxygen atoms in total. The summed E-state index contributed by atoms with van der Waals surface area (Å²) in [7, 11) is 0. The van der Waals surface area contributed by atoms with Gasteiger partial charge in [-0.05, 0) is 19.8 Å². The van der Waals surface area contributed by atoms with E-state index in [1.807, 2.05) is 0 Å². The summed E-state index contributed by atoms with van der Waals surface area (Å²) in [5.41, 5.74) is 0.389. The van der Waals surface area contributed by atoms with Crippen LogP contribution >= 0.6 is 12.6 Å². The zero-order valence-corrected chi connectivity index (χ0v) is 10.4. The lowest BCUT2D eigenvalue weighted by Crippen LogP contribution is -2.09. The number of ether oxygens (including phenoxy) is 2. The van der Waals surface area contributed by atoms with Gasteiger partial charge < -0.3 is 9.47 Å². The quantitative estimate of drug-likeness (QED) is 0.307. The number of carbonyl (C=O) groups is 2. The lowest BCUT2D eigenvalue weighted by molar-refractivity contribution is -0.144. The molecule has 92 valence electrons. The van der Waals surface area contributed by atoms with Crippen LogP contribution in [0.2, 0.25) is 0 Å². The Labute approximate surface area is 101 Å². The van der Waals surface area contributed by atoms with Gasteiger partial charge >= 0.3 is 11.9 Å². The van der Waals surface area contributed by atoms with Crippen molar-refractivity contribution < 1.29 is 19.1 Å². The van der Waals surface area contributed by atoms with Crippen molar-refractivity contribution in [3.8, 4) is 0 Å². The van der Waals surface area contributed by atoms with Gasteiger partial charge in [-0.1, -0.05) is 6.58 Å². The molecule has 0 aliphatic carbocycles. The van der Waals surface area contributed by atoms with Crippen LogP contribution in [-0.4, -0.2) is 30.9 Å². The number of thiol groups is 1. The number of carbonyl (C=O) groups excluding carboxylic acids is 2. The van der Waals surface area contributed by atoms with Crippen LogP contribution in [0.4, 0.5) is 0 Å². The maximum Gasteiger partial charge on any atom is 0.333 e. The minimum Gasteiger partial charge on any atom is -0.466 e. The molecule has 0 aliphatic rings. The molecule has 0 radical (unpaired) electrons. The van der Waals surface area contributed by atoms with Crippen LogP contribution < -0.4 is 0 Å². The maximum absolute atomic E-state index is 11.0. The summed E-state index contributed by atoms with van der Waals surface area (Å²) in [6.45, 7) is 5.75. The van der Waals surface area contributed by atoms with Gasteiger partial charge in [-0.25, -0.2) is 4.79 Å². The van der Waals surface area contributed by atoms with Gasteiger partial charge in [0.2, 0.25) is 0 Å². The molecular formula is C11H18O4S. The van der Waals surface area contributed by atoms with Gasteiger partial charge in [-0.15, -0.1) is 0 Å². The summed E-state index contributed by atoms with van der Waals surface area (Å²) in [4.78, 5) is 21.9. The summed E-state index contributed by atoms with van der Waals surface area (Å²) in [5.74, 6) is -0.129. The SMILES string of the molecule is C=C(C)C(=O)OCCCCOC(=O)CCS. The van der Waals surface area contributed by atoms with Crippen LogP contribution in [0.25, 0.3) is 0 Å². The summed E-state index contributed by atoms with van der Waals surface area (Å²) in [6, 6.07) is 0. The molecule has 0 aromatic carbocycles. The molecule has 5 heteroatoms. The lowest BCUT2D eigenvalue weighted by atomic mass is 10.3. The van der Waals surface area contributed by atoms with Crippen molar-refractivity contribution in [2.75, 3.05) is 19.0 Å². The smallest absolute Gasteiger partial charge is 0.333 e. The monoisotopic (exact) mass is 246 g/mol. The number of hydrogen-bond donors (Lipinski definition) is 1. The van der Waals surface area contributed by atoms with Crippen molar-refractivity contribution >= 4 is 24.6 Å². The zero-order chi connectivity index (χ0) is 12.4. The van der Waals surface area contributed by atoms with Crippen LogP contribution in [0.3, 0.4) is 0 Å². The molecule has 0 amide bonds. The fraction of sp³-hybridized carbons (Fsp3) is 0.636. The van der Waals surface area contributed by atoms with Gasteiger partial charge in [0.05, 0.1) is 19.6 Å². The Balaban J connectivity index is 3.31. The summed E-state index contributed by atoms with van der Waals surface area (Å²) < 4.78 is 9.76. The second-order valence-corrected chi connectivity index (χ2v) is 3.76. The highest BCUT2D eigenvalue weighted by atomic mass is 32.1. The molecule has 0 N–H and O–H groups in total. The number of unbranched alkanes of at least 4 members (excludes halogenated alkanes) is 1. The third-order valence-corrected chi connectivity index (χ3v) is 1.92. The number of rotatable bonds is 8. The largest absolute Gasteiger partial charge is 0.466 e. The van der Waals surface area contributed by atoms with Crippen LogP contribution in [0, 0.1) is 0 Å². The number of hydrogen-bond acceptors (Lipinski definition) is 5. The van der Waals surface area contributed by atoms with Crippen LogP contribution in [0.15, 0.2) is 12.2 Å². The molecule has 0 saturated heterocycles. The van der Waals surface area contributed by atoms with E-state index in [0.29, 0.717) is 43.8 Å². The van der Waals surface area contributed by atoms with Crippen molar-refractivity contribution in [3.05, 3.63) is 12.2 Å². The van der Waals surface area contributed by atoms with Gasteiger partial charge in [-0.2, -0.15) is 12.6 Å². The van der Waals surface area contributed by atoms with Crippen molar-refractivity contribution in [2.24, 2.45) is 0 Å². The van der Waals surface area contributed by atoms with E-state index < -0.39 is 0 Å². The fourth-order valence-corrected chi connectivity index (χ4v) is 1.02. The molecule has 0 bridgehead atoms. The molecule has 0 saturated carbocycles. The van der Waals surface area contributed by atoms with E-state index in [2.05, 4.69) is 19.2 Å². The highest BCUT2D eigenvalue weighted by Crippen LogP contribution is 1.97. The Morgan fingerprint density at radius 1 is 1.19 bits per heavy atom. The minimum absolute atomic E-state index is 0.242. The van der Waals surface area contributed by atoms with Crippen LogP contribution in [0.5, 0.6) is 0 Å². The van der Waals surface area contributed by atoms with E-state index >= 15 is 0 Å². The third-order valence-electron chi connectivity index (χ3n) is 1.70. The average molecular weight is 246 g/mol. The van der Waals surface area contributed by atoms with Gasteiger partial charge in [0.25, 0.3) is 0 Å². The molecule has 0 unspecified atom stereocenters. The topological polar surface area (TPSA) is 52.6 Å². The Kier molecular flexibility index (Phi) is 8.71. The van der Waals surface area contributed by atoms with E-state index in [9.17, 15) is 9.59 Å². The molecule has 0 spiro atoms. The van der Waals surface area contributed by atoms with Crippen molar-refractivity contribution in [2.45, 2.75) is 26.2 Å². The normalized spacial score (nSPS) is 9.62. The molecule has 0 aromatic rings. The molecule has 0 atom stereocenters.